The number of likely N-dealkylation sites (N-methyl/N-ethyl adjacent to an activating group) is 1. The van der Waals surface area contributed by atoms with Crippen LogP contribution in [-0.2, 0) is 11.3 Å². The molecule has 0 aliphatic heterocycles. The van der Waals surface area contributed by atoms with Gasteiger partial charge in [-0.2, -0.15) is 0 Å². The summed E-state index contributed by atoms with van der Waals surface area (Å²) in [6.07, 6.45) is 0. The molecular weight excluding hydrogens is 333 g/mol. The number of Topliss-reactive ketones (excluding diaryl/α,β-unsaturated/α-hetero) is 1. The van der Waals surface area contributed by atoms with Crippen molar-refractivity contribution in [3.05, 3.63) is 64.4 Å². The van der Waals surface area contributed by atoms with E-state index in [2.05, 4.69) is 0 Å². The molecule has 0 unspecified atom stereocenters. The third-order valence-electron chi connectivity index (χ3n) is 3.51. The van der Waals surface area contributed by atoms with Crippen LogP contribution in [0.3, 0.4) is 0 Å². The van der Waals surface area contributed by atoms with Gasteiger partial charge in [0.1, 0.15) is 11.6 Å². The molecule has 1 amide bonds. The maximum absolute atomic E-state index is 13.7. The molecule has 2 rings (SSSR count). The van der Waals surface area contributed by atoms with Gasteiger partial charge in [0.15, 0.2) is 12.4 Å². The fourth-order valence-electron chi connectivity index (χ4n) is 2.05. The average Bonchev–Trinajstić information content (AvgIpc) is 2.56. The molecular formula is C18H17ClFNO3. The van der Waals surface area contributed by atoms with Gasteiger partial charge in [-0.1, -0.05) is 17.7 Å². The van der Waals surface area contributed by atoms with Crippen LogP contribution in [0.15, 0.2) is 42.5 Å². The zero-order chi connectivity index (χ0) is 17.7. The lowest BCUT2D eigenvalue weighted by atomic mass is 10.1. The van der Waals surface area contributed by atoms with Crippen LogP contribution in [0.4, 0.5) is 4.39 Å². The largest absolute Gasteiger partial charge is 0.484 e. The van der Waals surface area contributed by atoms with Crippen molar-refractivity contribution in [3.8, 4) is 5.75 Å². The summed E-state index contributed by atoms with van der Waals surface area (Å²) in [6.45, 7) is 1.33. The standard InChI is InChI=1S/C18H17ClFNO3/c1-12(22)13-6-8-14(9-7-13)24-11-18(23)21(2)10-15-16(19)4-3-5-17(15)20/h3-9H,10-11H2,1-2H3. The molecule has 6 heteroatoms. The summed E-state index contributed by atoms with van der Waals surface area (Å²) in [7, 11) is 1.55. The molecule has 0 bridgehead atoms. The maximum atomic E-state index is 13.7. The van der Waals surface area contributed by atoms with Crippen LogP contribution < -0.4 is 4.74 Å². The number of benzene rings is 2. The first-order valence-corrected chi connectivity index (χ1v) is 7.67. The highest BCUT2D eigenvalue weighted by Crippen LogP contribution is 2.20. The van der Waals surface area contributed by atoms with Crippen molar-refractivity contribution >= 4 is 23.3 Å². The second-order valence-electron chi connectivity index (χ2n) is 5.32. The van der Waals surface area contributed by atoms with E-state index in [1.54, 1.807) is 37.4 Å². The van der Waals surface area contributed by atoms with E-state index < -0.39 is 5.82 Å². The Balaban J connectivity index is 1.93. The van der Waals surface area contributed by atoms with E-state index >= 15 is 0 Å². The maximum Gasteiger partial charge on any atom is 0.260 e. The molecule has 126 valence electrons. The van der Waals surface area contributed by atoms with Gasteiger partial charge in [-0.15, -0.1) is 0 Å². The summed E-state index contributed by atoms with van der Waals surface area (Å²) >= 11 is 5.95. The number of carbonyl (C=O) groups excluding carboxylic acids is 2. The highest BCUT2D eigenvalue weighted by Gasteiger charge is 2.15. The lowest BCUT2D eigenvalue weighted by molar-refractivity contribution is -0.132. The van der Waals surface area contributed by atoms with Crippen LogP contribution in [0.1, 0.15) is 22.8 Å². The second kappa shape index (κ2) is 7.93. The van der Waals surface area contributed by atoms with Crippen LogP contribution >= 0.6 is 11.6 Å². The Bertz CT molecular complexity index is 726. The van der Waals surface area contributed by atoms with Gasteiger partial charge in [0.2, 0.25) is 0 Å². The number of rotatable bonds is 6. The van der Waals surface area contributed by atoms with Gasteiger partial charge in [0, 0.05) is 29.7 Å². The van der Waals surface area contributed by atoms with E-state index in [0.717, 1.165) is 0 Å². The molecule has 2 aromatic rings. The minimum absolute atomic E-state index is 0.0425. The van der Waals surface area contributed by atoms with Gasteiger partial charge in [-0.05, 0) is 43.3 Å². The summed E-state index contributed by atoms with van der Waals surface area (Å²) in [4.78, 5) is 24.6. The third kappa shape index (κ3) is 4.55. The summed E-state index contributed by atoms with van der Waals surface area (Å²) in [5, 5.41) is 0.274. The Labute approximate surface area is 144 Å². The van der Waals surface area contributed by atoms with Crippen molar-refractivity contribution in [1.29, 1.82) is 0 Å². The van der Waals surface area contributed by atoms with Gasteiger partial charge in [0.05, 0.1) is 0 Å². The first-order valence-electron chi connectivity index (χ1n) is 7.29. The van der Waals surface area contributed by atoms with E-state index in [4.69, 9.17) is 16.3 Å². The van der Waals surface area contributed by atoms with Crippen molar-refractivity contribution in [1.82, 2.24) is 4.90 Å². The molecule has 0 N–H and O–H groups in total. The highest BCUT2D eigenvalue weighted by atomic mass is 35.5. The van der Waals surface area contributed by atoms with Crippen LogP contribution in [-0.4, -0.2) is 30.2 Å². The number of ketones is 1. The quantitative estimate of drug-likeness (QED) is 0.747. The van der Waals surface area contributed by atoms with Gasteiger partial charge in [-0.3, -0.25) is 9.59 Å². The summed E-state index contributed by atoms with van der Waals surface area (Å²) < 4.78 is 19.1. The normalized spacial score (nSPS) is 10.3. The van der Waals surface area contributed by atoms with Crippen LogP contribution in [0, 0.1) is 5.82 Å². The van der Waals surface area contributed by atoms with E-state index in [1.807, 2.05) is 0 Å². The molecule has 0 fully saturated rings. The van der Waals surface area contributed by atoms with E-state index in [0.29, 0.717) is 11.3 Å². The molecule has 4 nitrogen and oxygen atoms in total. The topological polar surface area (TPSA) is 46.6 Å². The molecule has 0 aliphatic rings. The van der Waals surface area contributed by atoms with Gasteiger partial charge in [-0.25, -0.2) is 4.39 Å². The fraction of sp³-hybridized carbons (Fsp3) is 0.222. The molecule has 0 heterocycles. The highest BCUT2D eigenvalue weighted by molar-refractivity contribution is 6.31. The zero-order valence-corrected chi connectivity index (χ0v) is 14.1. The van der Waals surface area contributed by atoms with Crippen molar-refractivity contribution in [3.63, 3.8) is 0 Å². The second-order valence-corrected chi connectivity index (χ2v) is 5.73. The molecule has 0 atom stereocenters. The number of ether oxygens (including phenoxy) is 1. The molecule has 2 aromatic carbocycles. The molecule has 0 aliphatic carbocycles. The minimum atomic E-state index is -0.456. The summed E-state index contributed by atoms with van der Waals surface area (Å²) in [6, 6.07) is 10.9. The molecule has 0 saturated carbocycles. The van der Waals surface area contributed by atoms with E-state index in [-0.39, 0.29) is 35.4 Å². The van der Waals surface area contributed by atoms with Crippen LogP contribution in [0.25, 0.3) is 0 Å². The van der Waals surface area contributed by atoms with E-state index in [9.17, 15) is 14.0 Å². The molecule has 0 saturated heterocycles. The van der Waals surface area contributed by atoms with Gasteiger partial charge in [0.25, 0.3) is 5.91 Å². The van der Waals surface area contributed by atoms with Crippen molar-refractivity contribution in [2.24, 2.45) is 0 Å². The Morgan fingerprint density at radius 1 is 1.17 bits per heavy atom. The van der Waals surface area contributed by atoms with Crippen LogP contribution in [0.5, 0.6) is 5.75 Å². The number of hydrogen-bond acceptors (Lipinski definition) is 3. The Hall–Kier alpha value is -2.40. The first kappa shape index (κ1) is 17.9. The predicted molar refractivity (Wildman–Crippen MR) is 89.8 cm³/mol. The number of amides is 1. The number of hydrogen-bond donors (Lipinski definition) is 0. The summed E-state index contributed by atoms with van der Waals surface area (Å²) in [5.41, 5.74) is 0.834. The molecule has 0 spiro atoms. The monoisotopic (exact) mass is 349 g/mol. The average molecular weight is 350 g/mol. The zero-order valence-electron chi connectivity index (χ0n) is 13.4. The van der Waals surface area contributed by atoms with Gasteiger partial charge < -0.3 is 9.64 Å². The molecule has 24 heavy (non-hydrogen) atoms. The fourth-order valence-corrected chi connectivity index (χ4v) is 2.27. The Morgan fingerprint density at radius 3 is 2.42 bits per heavy atom. The van der Waals surface area contributed by atoms with Crippen molar-refractivity contribution in [2.75, 3.05) is 13.7 Å². The van der Waals surface area contributed by atoms with Crippen LogP contribution in [0.2, 0.25) is 5.02 Å². The summed E-state index contributed by atoms with van der Waals surface area (Å²) in [5.74, 6) is -0.336. The number of nitrogens with zero attached hydrogens (tertiary/aromatic N) is 1. The lowest BCUT2D eigenvalue weighted by Gasteiger charge is -2.18. The van der Waals surface area contributed by atoms with E-state index in [1.165, 1.54) is 24.0 Å². The Kier molecular flexibility index (Phi) is 5.93. The molecule has 0 aromatic heterocycles. The van der Waals surface area contributed by atoms with Gasteiger partial charge >= 0.3 is 0 Å². The Morgan fingerprint density at radius 2 is 1.83 bits per heavy atom. The van der Waals surface area contributed by atoms with Crippen molar-refractivity contribution < 1.29 is 18.7 Å². The number of halogens is 2. The molecule has 0 radical (unpaired) electrons. The lowest BCUT2D eigenvalue weighted by Crippen LogP contribution is -2.31. The minimum Gasteiger partial charge on any atom is -0.484 e. The smallest absolute Gasteiger partial charge is 0.260 e. The first-order chi connectivity index (χ1) is 11.4. The third-order valence-corrected chi connectivity index (χ3v) is 3.86. The van der Waals surface area contributed by atoms with Crippen molar-refractivity contribution in [2.45, 2.75) is 13.5 Å². The number of carbonyl (C=O) groups is 2. The SMILES string of the molecule is CC(=O)c1ccc(OCC(=O)N(C)Cc2c(F)cccc2Cl)cc1. The predicted octanol–water partition coefficient (Wildman–Crippen LogP) is 3.72.